The Labute approximate surface area is 79.4 Å². The van der Waals surface area contributed by atoms with Crippen molar-refractivity contribution in [2.75, 3.05) is 6.61 Å². The highest BCUT2D eigenvalue weighted by Gasteiger charge is 2.39. The molecule has 2 heterocycles. The Morgan fingerprint density at radius 1 is 1.31 bits per heavy atom. The molecule has 0 bridgehead atoms. The molecule has 2 saturated heterocycles. The summed E-state index contributed by atoms with van der Waals surface area (Å²) >= 11 is 0. The fourth-order valence-electron chi connectivity index (χ4n) is 1.34. The Bertz CT molecular complexity index is 152. The van der Waals surface area contributed by atoms with Crippen LogP contribution in [0.4, 0.5) is 0 Å². The molecule has 2 aliphatic heterocycles. The van der Waals surface area contributed by atoms with Crippen molar-refractivity contribution in [2.24, 2.45) is 0 Å². The van der Waals surface area contributed by atoms with E-state index in [1.165, 1.54) is 12.8 Å². The van der Waals surface area contributed by atoms with Crippen molar-refractivity contribution in [1.82, 2.24) is 0 Å². The maximum absolute atomic E-state index is 10.6. The molecule has 13 heavy (non-hydrogen) atoms. The number of fused-ring (bicyclic) bond motifs is 1. The summed E-state index contributed by atoms with van der Waals surface area (Å²) in [6.07, 6.45) is 4.15. The van der Waals surface area contributed by atoms with Gasteiger partial charge in [-0.05, 0) is 0 Å². The number of hydrogen-bond donors (Lipinski definition) is 0. The zero-order chi connectivity index (χ0) is 9.68. The Morgan fingerprint density at radius 2 is 2.00 bits per heavy atom. The van der Waals surface area contributed by atoms with Gasteiger partial charge in [0.15, 0.2) is 0 Å². The standard InChI is InChI=1S/C6H8O3.C4H10/c7-6-3-5-4(9-6)1-2-8-5;1-3-4-2/h4-5H,1-3H2;3-4H2,1-2H3. The number of hydrogen-bond acceptors (Lipinski definition) is 3. The summed E-state index contributed by atoms with van der Waals surface area (Å²) in [7, 11) is 0. The predicted octanol–water partition coefficient (Wildman–Crippen LogP) is 1.90. The minimum atomic E-state index is -0.107. The summed E-state index contributed by atoms with van der Waals surface area (Å²) in [5, 5.41) is 0. The van der Waals surface area contributed by atoms with Gasteiger partial charge in [-0.25, -0.2) is 0 Å². The summed E-state index contributed by atoms with van der Waals surface area (Å²) in [6, 6.07) is 0. The van der Waals surface area contributed by atoms with E-state index >= 15 is 0 Å². The number of unbranched alkanes of at least 4 members (excludes halogenated alkanes) is 1. The molecule has 3 nitrogen and oxygen atoms in total. The summed E-state index contributed by atoms with van der Waals surface area (Å²) in [4.78, 5) is 10.6. The van der Waals surface area contributed by atoms with E-state index in [9.17, 15) is 4.79 Å². The first-order valence-corrected chi connectivity index (χ1v) is 5.09. The SMILES string of the molecule is CCCC.O=C1CC2OCCC2O1. The van der Waals surface area contributed by atoms with E-state index in [4.69, 9.17) is 9.47 Å². The summed E-state index contributed by atoms with van der Waals surface area (Å²) in [5.74, 6) is -0.107. The first-order valence-electron chi connectivity index (χ1n) is 5.09. The molecule has 2 unspecified atom stereocenters. The van der Waals surface area contributed by atoms with E-state index in [1.807, 2.05) is 0 Å². The normalized spacial score (nSPS) is 30.5. The Kier molecular flexibility index (Phi) is 4.22. The smallest absolute Gasteiger partial charge is 0.308 e. The zero-order valence-electron chi connectivity index (χ0n) is 8.41. The average Bonchev–Trinajstić information content (AvgIpc) is 2.64. The Hall–Kier alpha value is -0.570. The highest BCUT2D eigenvalue weighted by Crippen LogP contribution is 2.26. The second kappa shape index (κ2) is 5.22. The zero-order valence-corrected chi connectivity index (χ0v) is 8.41. The van der Waals surface area contributed by atoms with Crippen LogP contribution >= 0.6 is 0 Å². The molecule has 0 saturated carbocycles. The van der Waals surface area contributed by atoms with Crippen LogP contribution in [0, 0.1) is 0 Å². The topological polar surface area (TPSA) is 35.5 Å². The van der Waals surface area contributed by atoms with Crippen molar-refractivity contribution in [2.45, 2.75) is 51.7 Å². The van der Waals surface area contributed by atoms with Crippen molar-refractivity contribution in [1.29, 1.82) is 0 Å². The fraction of sp³-hybridized carbons (Fsp3) is 0.900. The Balaban J connectivity index is 0.000000184. The molecule has 0 aromatic rings. The Morgan fingerprint density at radius 3 is 2.54 bits per heavy atom. The summed E-state index contributed by atoms with van der Waals surface area (Å²) in [5.41, 5.74) is 0. The van der Waals surface area contributed by atoms with Gasteiger partial charge in [0.1, 0.15) is 12.2 Å². The highest BCUT2D eigenvalue weighted by molar-refractivity contribution is 5.72. The lowest BCUT2D eigenvalue weighted by molar-refractivity contribution is -0.141. The van der Waals surface area contributed by atoms with Crippen molar-refractivity contribution >= 4 is 5.97 Å². The molecule has 2 aliphatic rings. The number of carbonyl (C=O) groups is 1. The maximum Gasteiger partial charge on any atom is 0.308 e. The third-order valence-electron chi connectivity index (χ3n) is 2.30. The maximum atomic E-state index is 10.6. The van der Waals surface area contributed by atoms with Crippen LogP contribution in [-0.4, -0.2) is 24.8 Å². The van der Waals surface area contributed by atoms with Gasteiger partial charge in [0, 0.05) is 6.42 Å². The van der Waals surface area contributed by atoms with E-state index in [2.05, 4.69) is 13.8 Å². The number of ether oxygens (including phenoxy) is 2. The lowest BCUT2D eigenvalue weighted by Crippen LogP contribution is -2.13. The van der Waals surface area contributed by atoms with Crippen LogP contribution in [0.1, 0.15) is 39.5 Å². The van der Waals surface area contributed by atoms with Crippen molar-refractivity contribution in [3.63, 3.8) is 0 Å². The van der Waals surface area contributed by atoms with Crippen molar-refractivity contribution in [3.05, 3.63) is 0 Å². The molecule has 2 rings (SSSR count). The third kappa shape index (κ3) is 2.99. The van der Waals surface area contributed by atoms with Gasteiger partial charge in [-0.2, -0.15) is 0 Å². The molecular weight excluding hydrogens is 168 g/mol. The fourth-order valence-corrected chi connectivity index (χ4v) is 1.34. The quantitative estimate of drug-likeness (QED) is 0.587. The van der Waals surface area contributed by atoms with E-state index in [0.29, 0.717) is 6.42 Å². The van der Waals surface area contributed by atoms with E-state index in [1.54, 1.807) is 0 Å². The molecule has 0 aromatic carbocycles. The molecule has 2 atom stereocenters. The predicted molar refractivity (Wildman–Crippen MR) is 49.4 cm³/mol. The first kappa shape index (κ1) is 10.5. The lowest BCUT2D eigenvalue weighted by Gasteiger charge is -2.02. The molecule has 0 N–H and O–H groups in total. The largest absolute Gasteiger partial charge is 0.459 e. The van der Waals surface area contributed by atoms with E-state index in [0.717, 1.165) is 13.0 Å². The van der Waals surface area contributed by atoms with Gasteiger partial charge < -0.3 is 9.47 Å². The average molecular weight is 186 g/mol. The van der Waals surface area contributed by atoms with Crippen LogP contribution in [0.5, 0.6) is 0 Å². The minimum Gasteiger partial charge on any atom is -0.459 e. The lowest BCUT2D eigenvalue weighted by atomic mass is 10.2. The monoisotopic (exact) mass is 186 g/mol. The van der Waals surface area contributed by atoms with Gasteiger partial charge in [0.2, 0.25) is 0 Å². The molecule has 0 aliphatic carbocycles. The minimum absolute atomic E-state index is 0.0810. The first-order chi connectivity index (χ1) is 6.27. The number of rotatable bonds is 1. The van der Waals surface area contributed by atoms with Gasteiger partial charge in [-0.3, -0.25) is 4.79 Å². The van der Waals surface area contributed by atoms with Crippen molar-refractivity contribution < 1.29 is 14.3 Å². The van der Waals surface area contributed by atoms with Crippen LogP contribution in [0.2, 0.25) is 0 Å². The highest BCUT2D eigenvalue weighted by atomic mass is 16.6. The van der Waals surface area contributed by atoms with Gasteiger partial charge in [0.05, 0.1) is 13.0 Å². The van der Waals surface area contributed by atoms with Crippen molar-refractivity contribution in [3.8, 4) is 0 Å². The third-order valence-corrected chi connectivity index (χ3v) is 2.30. The molecule has 76 valence electrons. The van der Waals surface area contributed by atoms with E-state index < -0.39 is 0 Å². The molecule has 0 radical (unpaired) electrons. The van der Waals surface area contributed by atoms with Crippen LogP contribution in [-0.2, 0) is 14.3 Å². The molecule has 0 amide bonds. The molecule has 3 heteroatoms. The van der Waals surface area contributed by atoms with Crippen LogP contribution in [0.15, 0.2) is 0 Å². The molecule has 2 fully saturated rings. The summed E-state index contributed by atoms with van der Waals surface area (Å²) in [6.45, 7) is 5.11. The molecule has 0 aromatic heterocycles. The second-order valence-corrected chi connectivity index (χ2v) is 3.43. The van der Waals surface area contributed by atoms with Gasteiger partial charge in [-0.1, -0.05) is 26.7 Å². The van der Waals surface area contributed by atoms with Crippen LogP contribution < -0.4 is 0 Å². The van der Waals surface area contributed by atoms with Crippen LogP contribution in [0.3, 0.4) is 0 Å². The summed E-state index contributed by atoms with van der Waals surface area (Å²) < 4.78 is 10.1. The number of carbonyl (C=O) groups excluding carboxylic acids is 1. The van der Waals surface area contributed by atoms with Gasteiger partial charge in [-0.15, -0.1) is 0 Å². The molecular formula is C10H18O3. The van der Waals surface area contributed by atoms with Gasteiger partial charge in [0.25, 0.3) is 0 Å². The molecule has 0 spiro atoms. The van der Waals surface area contributed by atoms with Crippen LogP contribution in [0.25, 0.3) is 0 Å². The van der Waals surface area contributed by atoms with E-state index in [-0.39, 0.29) is 18.2 Å². The van der Waals surface area contributed by atoms with Gasteiger partial charge >= 0.3 is 5.97 Å². The second-order valence-electron chi connectivity index (χ2n) is 3.43. The number of esters is 1.